The first-order chi connectivity index (χ1) is 11.6. The number of halogens is 1. The fraction of sp³-hybridized carbons (Fsp3) is 0.444. The Morgan fingerprint density at radius 1 is 1.24 bits per heavy atom. The molecule has 138 valence electrons. The maximum absolute atomic E-state index is 5.51. The first kappa shape index (κ1) is 21.3. The third kappa shape index (κ3) is 6.93. The predicted molar refractivity (Wildman–Crippen MR) is 111 cm³/mol. The van der Waals surface area contributed by atoms with Gasteiger partial charge in [0.15, 0.2) is 11.7 Å². The van der Waals surface area contributed by atoms with Crippen LogP contribution in [-0.4, -0.2) is 24.8 Å². The number of benzene rings is 1. The van der Waals surface area contributed by atoms with E-state index < -0.39 is 0 Å². The Morgan fingerprint density at radius 3 is 2.64 bits per heavy atom. The van der Waals surface area contributed by atoms with Gasteiger partial charge < -0.3 is 19.9 Å². The molecule has 25 heavy (non-hydrogen) atoms. The van der Waals surface area contributed by atoms with E-state index in [-0.39, 0.29) is 24.0 Å². The summed E-state index contributed by atoms with van der Waals surface area (Å²) in [5, 5.41) is 10.5. The van der Waals surface area contributed by atoms with Gasteiger partial charge in [0.2, 0.25) is 0 Å². The molecule has 0 aliphatic rings. The molecular weight excluding hydrogens is 431 g/mol. The van der Waals surface area contributed by atoms with Gasteiger partial charge in [-0.05, 0) is 30.5 Å². The maximum atomic E-state index is 5.51. The molecule has 0 spiro atoms. The topological polar surface area (TPSA) is 71.7 Å². The monoisotopic (exact) mass is 458 g/mol. The number of aliphatic imine (C=N–C) groups is 1. The van der Waals surface area contributed by atoms with Crippen LogP contribution in [0.15, 0.2) is 39.8 Å². The molecule has 0 saturated carbocycles. The molecule has 2 rings (SSSR count). The summed E-state index contributed by atoms with van der Waals surface area (Å²) in [5.41, 5.74) is 2.09. The van der Waals surface area contributed by atoms with Gasteiger partial charge >= 0.3 is 0 Å². The smallest absolute Gasteiger partial charge is 0.191 e. The van der Waals surface area contributed by atoms with Crippen LogP contribution in [0.25, 0.3) is 0 Å². The van der Waals surface area contributed by atoms with Crippen LogP contribution < -0.4 is 15.4 Å². The van der Waals surface area contributed by atoms with E-state index in [9.17, 15) is 0 Å². The first-order valence-electron chi connectivity index (χ1n) is 8.24. The lowest BCUT2D eigenvalue weighted by Crippen LogP contribution is -2.36. The molecule has 6 nitrogen and oxygen atoms in total. The molecule has 1 aromatic heterocycles. The van der Waals surface area contributed by atoms with Gasteiger partial charge in [0.1, 0.15) is 5.75 Å². The number of hydrogen-bond donors (Lipinski definition) is 2. The number of nitrogens with zero attached hydrogens (tertiary/aromatic N) is 2. The van der Waals surface area contributed by atoms with Gasteiger partial charge in [0, 0.05) is 19.7 Å². The summed E-state index contributed by atoms with van der Waals surface area (Å²) in [6.07, 6.45) is 0. The number of ether oxygens (including phenoxy) is 1. The molecule has 0 amide bonds. The summed E-state index contributed by atoms with van der Waals surface area (Å²) in [7, 11) is 1.74. The molecule has 0 bridgehead atoms. The normalized spacial score (nSPS) is 11.2. The van der Waals surface area contributed by atoms with E-state index in [0.29, 0.717) is 31.6 Å². The molecule has 0 aliphatic carbocycles. The van der Waals surface area contributed by atoms with Crippen molar-refractivity contribution in [2.75, 3.05) is 13.7 Å². The van der Waals surface area contributed by atoms with Crippen LogP contribution in [0.3, 0.4) is 0 Å². The van der Waals surface area contributed by atoms with Gasteiger partial charge in [-0.2, -0.15) is 0 Å². The average Bonchev–Trinajstić information content (AvgIpc) is 3.05. The molecule has 1 heterocycles. The van der Waals surface area contributed by atoms with E-state index >= 15 is 0 Å². The minimum absolute atomic E-state index is 0. The number of hydrogen-bond acceptors (Lipinski definition) is 4. The second kappa shape index (κ2) is 11.0. The largest absolute Gasteiger partial charge is 0.494 e. The standard InChI is InChI=1S/C18H26N4O2.HI/c1-5-23-15-8-6-7-14(9-15)11-20-18(19-4)21-12-16-10-17(13(2)3)22-24-16;/h6-10,13H,5,11-12H2,1-4H3,(H2,19,20,21);1H. The second-order valence-electron chi connectivity index (χ2n) is 5.73. The number of aromatic nitrogens is 1. The van der Waals surface area contributed by atoms with Crippen molar-refractivity contribution < 1.29 is 9.26 Å². The Morgan fingerprint density at radius 2 is 2.00 bits per heavy atom. The third-order valence-electron chi connectivity index (χ3n) is 3.49. The SMILES string of the molecule is CCOc1cccc(CNC(=NC)NCc2cc(C(C)C)no2)c1.I. The molecule has 0 unspecified atom stereocenters. The number of nitrogens with one attached hydrogen (secondary N) is 2. The van der Waals surface area contributed by atoms with Crippen molar-refractivity contribution in [3.63, 3.8) is 0 Å². The highest BCUT2D eigenvalue weighted by atomic mass is 127. The van der Waals surface area contributed by atoms with Gasteiger partial charge in [-0.3, -0.25) is 4.99 Å². The fourth-order valence-corrected chi connectivity index (χ4v) is 2.17. The van der Waals surface area contributed by atoms with Gasteiger partial charge in [-0.25, -0.2) is 0 Å². The van der Waals surface area contributed by atoms with Crippen molar-refractivity contribution in [3.8, 4) is 5.75 Å². The zero-order valence-corrected chi connectivity index (χ0v) is 17.5. The number of guanidine groups is 1. The minimum Gasteiger partial charge on any atom is -0.494 e. The molecular formula is C18H27IN4O2. The molecule has 0 atom stereocenters. The van der Waals surface area contributed by atoms with Gasteiger partial charge in [0.25, 0.3) is 0 Å². The summed E-state index contributed by atoms with van der Waals surface area (Å²) < 4.78 is 10.8. The lowest BCUT2D eigenvalue weighted by Gasteiger charge is -2.11. The van der Waals surface area contributed by atoms with Crippen molar-refractivity contribution in [1.82, 2.24) is 15.8 Å². The molecule has 7 heteroatoms. The van der Waals surface area contributed by atoms with Crippen LogP contribution >= 0.6 is 24.0 Å². The lowest BCUT2D eigenvalue weighted by atomic mass is 10.1. The predicted octanol–water partition coefficient (Wildman–Crippen LogP) is 3.68. The highest BCUT2D eigenvalue weighted by molar-refractivity contribution is 14.0. The third-order valence-corrected chi connectivity index (χ3v) is 3.49. The second-order valence-corrected chi connectivity index (χ2v) is 5.73. The van der Waals surface area contributed by atoms with Crippen LogP contribution in [-0.2, 0) is 13.1 Å². The van der Waals surface area contributed by atoms with Crippen molar-refractivity contribution in [2.24, 2.45) is 4.99 Å². The highest BCUT2D eigenvalue weighted by Gasteiger charge is 2.08. The van der Waals surface area contributed by atoms with Crippen molar-refractivity contribution in [1.29, 1.82) is 0 Å². The molecule has 0 saturated heterocycles. The molecule has 0 fully saturated rings. The van der Waals surface area contributed by atoms with Crippen LogP contribution in [0.4, 0.5) is 0 Å². The van der Waals surface area contributed by atoms with Crippen LogP contribution in [0, 0.1) is 0 Å². The Hall–Kier alpha value is -1.77. The molecule has 2 aromatic rings. The summed E-state index contributed by atoms with van der Waals surface area (Å²) in [6.45, 7) is 8.02. The van der Waals surface area contributed by atoms with Gasteiger partial charge in [-0.1, -0.05) is 31.1 Å². The number of rotatable bonds is 7. The summed E-state index contributed by atoms with van der Waals surface area (Å²) in [6, 6.07) is 9.98. The van der Waals surface area contributed by atoms with E-state index in [4.69, 9.17) is 9.26 Å². The van der Waals surface area contributed by atoms with Gasteiger partial charge in [0.05, 0.1) is 18.8 Å². The van der Waals surface area contributed by atoms with Gasteiger partial charge in [-0.15, -0.1) is 24.0 Å². The summed E-state index contributed by atoms with van der Waals surface area (Å²) in [5.74, 6) is 2.74. The van der Waals surface area contributed by atoms with Crippen LogP contribution in [0.1, 0.15) is 43.7 Å². The Kier molecular flexibility index (Phi) is 9.33. The van der Waals surface area contributed by atoms with Crippen LogP contribution in [0.5, 0.6) is 5.75 Å². The summed E-state index contributed by atoms with van der Waals surface area (Å²) in [4.78, 5) is 4.22. The van der Waals surface area contributed by atoms with E-state index in [1.54, 1.807) is 7.05 Å². The Bertz CT molecular complexity index is 671. The zero-order chi connectivity index (χ0) is 17.4. The molecule has 0 aliphatic heterocycles. The highest BCUT2D eigenvalue weighted by Crippen LogP contribution is 2.14. The van der Waals surface area contributed by atoms with Crippen molar-refractivity contribution >= 4 is 29.9 Å². The quantitative estimate of drug-likeness (QED) is 0.376. The van der Waals surface area contributed by atoms with E-state index in [1.165, 1.54) is 0 Å². The van der Waals surface area contributed by atoms with Crippen molar-refractivity contribution in [3.05, 3.63) is 47.3 Å². The fourth-order valence-electron chi connectivity index (χ4n) is 2.17. The van der Waals surface area contributed by atoms with E-state index in [1.807, 2.05) is 37.3 Å². The molecule has 0 radical (unpaired) electrons. The van der Waals surface area contributed by atoms with Crippen LogP contribution in [0.2, 0.25) is 0 Å². The molecule has 1 aromatic carbocycles. The zero-order valence-electron chi connectivity index (χ0n) is 15.2. The Labute approximate surface area is 166 Å². The maximum Gasteiger partial charge on any atom is 0.191 e. The van der Waals surface area contributed by atoms with Crippen molar-refractivity contribution in [2.45, 2.75) is 39.8 Å². The lowest BCUT2D eigenvalue weighted by molar-refractivity contribution is 0.340. The Balaban J connectivity index is 0.00000312. The minimum atomic E-state index is 0. The first-order valence-corrected chi connectivity index (χ1v) is 8.24. The van der Waals surface area contributed by atoms with E-state index in [2.05, 4.69) is 34.6 Å². The molecule has 2 N–H and O–H groups in total. The van der Waals surface area contributed by atoms with E-state index in [0.717, 1.165) is 22.8 Å². The average molecular weight is 458 g/mol. The summed E-state index contributed by atoms with van der Waals surface area (Å²) >= 11 is 0.